The highest BCUT2D eigenvalue weighted by molar-refractivity contribution is 5.97. The number of hydrogen-bond acceptors (Lipinski definition) is 4. The summed E-state index contributed by atoms with van der Waals surface area (Å²) in [6.45, 7) is 5.35. The summed E-state index contributed by atoms with van der Waals surface area (Å²) < 4.78 is 4.73. The smallest absolute Gasteiger partial charge is 0.302 e. The first kappa shape index (κ1) is 11.7. The summed E-state index contributed by atoms with van der Waals surface area (Å²) in [5.74, 6) is -0.287. The van der Waals surface area contributed by atoms with Crippen molar-refractivity contribution in [3.05, 3.63) is 11.6 Å². The van der Waals surface area contributed by atoms with Crippen molar-refractivity contribution in [2.75, 3.05) is 13.7 Å². The van der Waals surface area contributed by atoms with Gasteiger partial charge in [-0.25, -0.2) is 0 Å². The lowest BCUT2D eigenvalue weighted by Crippen LogP contribution is -2.01. The minimum absolute atomic E-state index is 0.276. The van der Waals surface area contributed by atoms with Crippen molar-refractivity contribution in [2.45, 2.75) is 20.8 Å². The van der Waals surface area contributed by atoms with Crippen molar-refractivity contribution < 1.29 is 14.4 Å². The van der Waals surface area contributed by atoms with E-state index in [1.165, 1.54) is 14.0 Å². The molecule has 0 aromatic rings. The zero-order chi connectivity index (χ0) is 10.3. The Morgan fingerprint density at radius 2 is 2.00 bits per heavy atom. The molecule has 0 aliphatic carbocycles. The van der Waals surface area contributed by atoms with Crippen molar-refractivity contribution in [2.24, 2.45) is 5.16 Å². The van der Waals surface area contributed by atoms with Gasteiger partial charge in [-0.3, -0.25) is 4.79 Å². The highest BCUT2D eigenvalue weighted by Gasteiger charge is 1.95. The third-order valence-corrected chi connectivity index (χ3v) is 1.48. The van der Waals surface area contributed by atoms with Crippen LogP contribution >= 0.6 is 0 Å². The molecule has 0 aromatic carbocycles. The number of carbonyl (C=O) groups is 1. The number of ether oxygens (including phenoxy) is 1. The van der Waals surface area contributed by atoms with E-state index in [4.69, 9.17) is 4.74 Å². The molecule has 74 valence electrons. The molecule has 0 aliphatic rings. The zero-order valence-electron chi connectivity index (χ0n) is 8.46. The summed E-state index contributed by atoms with van der Waals surface area (Å²) in [7, 11) is 1.49. The van der Waals surface area contributed by atoms with E-state index in [1.807, 2.05) is 13.8 Å². The van der Waals surface area contributed by atoms with Gasteiger partial charge >= 0.3 is 5.97 Å². The lowest BCUT2D eigenvalue weighted by Gasteiger charge is -2.00. The van der Waals surface area contributed by atoms with E-state index in [2.05, 4.69) is 9.99 Å². The van der Waals surface area contributed by atoms with Crippen LogP contribution in [0.15, 0.2) is 16.8 Å². The number of rotatable bonds is 4. The number of esters is 1. The van der Waals surface area contributed by atoms with Crippen LogP contribution in [0.4, 0.5) is 0 Å². The molecule has 0 radical (unpaired) electrons. The summed E-state index contributed by atoms with van der Waals surface area (Å²) in [5, 5.41) is 3.73. The summed E-state index contributed by atoms with van der Waals surface area (Å²) >= 11 is 0. The first-order valence-corrected chi connectivity index (χ1v) is 3.96. The van der Waals surface area contributed by atoms with Gasteiger partial charge in [0, 0.05) is 6.92 Å². The average molecular weight is 185 g/mol. The third-order valence-electron chi connectivity index (χ3n) is 1.48. The van der Waals surface area contributed by atoms with Gasteiger partial charge in [0.15, 0.2) is 0 Å². The molecule has 0 amide bonds. The van der Waals surface area contributed by atoms with Crippen LogP contribution in [0.3, 0.4) is 0 Å². The molecule has 0 fully saturated rings. The van der Waals surface area contributed by atoms with Gasteiger partial charge in [-0.05, 0) is 25.5 Å². The zero-order valence-corrected chi connectivity index (χ0v) is 8.46. The molecule has 4 heteroatoms. The molecule has 4 nitrogen and oxygen atoms in total. The number of allylic oxidation sites excluding steroid dienone is 1. The van der Waals surface area contributed by atoms with Gasteiger partial charge in [0.05, 0.1) is 5.71 Å². The van der Waals surface area contributed by atoms with Crippen LogP contribution in [0.5, 0.6) is 0 Å². The molecule has 0 rings (SSSR count). The second-order valence-corrected chi connectivity index (χ2v) is 2.55. The van der Waals surface area contributed by atoms with E-state index in [0.717, 1.165) is 11.3 Å². The van der Waals surface area contributed by atoms with Crippen LogP contribution in [0.2, 0.25) is 0 Å². The van der Waals surface area contributed by atoms with Gasteiger partial charge in [-0.2, -0.15) is 0 Å². The molecule has 0 aromatic heterocycles. The molecule has 0 bridgehead atoms. The van der Waals surface area contributed by atoms with Gasteiger partial charge in [0.1, 0.15) is 13.7 Å². The molecule has 0 aliphatic heterocycles. The van der Waals surface area contributed by atoms with E-state index in [9.17, 15) is 4.79 Å². The molecule has 0 N–H and O–H groups in total. The molecular formula is C9H15NO3. The SMILES string of the molecule is CO/N=C(C)/C(C)=C\COC(C)=O. The summed E-state index contributed by atoms with van der Waals surface area (Å²) in [4.78, 5) is 15.0. The van der Waals surface area contributed by atoms with Gasteiger partial charge < -0.3 is 9.57 Å². The van der Waals surface area contributed by atoms with Gasteiger partial charge in [0.25, 0.3) is 0 Å². The monoisotopic (exact) mass is 185 g/mol. The minimum atomic E-state index is -0.287. The Balaban J connectivity index is 4.01. The Morgan fingerprint density at radius 3 is 2.46 bits per heavy atom. The fraction of sp³-hybridized carbons (Fsp3) is 0.556. The fourth-order valence-corrected chi connectivity index (χ4v) is 0.641. The Kier molecular flexibility index (Phi) is 5.59. The van der Waals surface area contributed by atoms with Crippen LogP contribution < -0.4 is 0 Å². The summed E-state index contributed by atoms with van der Waals surface area (Å²) in [6, 6.07) is 0. The topological polar surface area (TPSA) is 47.9 Å². The second-order valence-electron chi connectivity index (χ2n) is 2.55. The van der Waals surface area contributed by atoms with E-state index in [-0.39, 0.29) is 12.6 Å². The molecule has 0 heterocycles. The lowest BCUT2D eigenvalue weighted by molar-refractivity contribution is -0.139. The Morgan fingerprint density at radius 1 is 1.38 bits per heavy atom. The van der Waals surface area contributed by atoms with Crippen LogP contribution in [-0.4, -0.2) is 25.4 Å². The maximum Gasteiger partial charge on any atom is 0.302 e. The average Bonchev–Trinajstić information content (AvgIpc) is 2.04. The quantitative estimate of drug-likeness (QED) is 0.379. The third kappa shape index (κ3) is 5.90. The first-order chi connectivity index (χ1) is 6.07. The van der Waals surface area contributed by atoms with Crippen LogP contribution in [0.1, 0.15) is 20.8 Å². The summed E-state index contributed by atoms with van der Waals surface area (Å²) in [5.41, 5.74) is 1.71. The van der Waals surface area contributed by atoms with Crippen molar-refractivity contribution in [1.82, 2.24) is 0 Å². The molecule has 13 heavy (non-hydrogen) atoms. The maximum atomic E-state index is 10.4. The molecular weight excluding hydrogens is 170 g/mol. The number of oxime groups is 1. The first-order valence-electron chi connectivity index (χ1n) is 3.96. The van der Waals surface area contributed by atoms with E-state index in [1.54, 1.807) is 6.08 Å². The second kappa shape index (κ2) is 6.22. The molecule has 0 unspecified atom stereocenters. The van der Waals surface area contributed by atoms with Crippen LogP contribution in [0.25, 0.3) is 0 Å². The highest BCUT2D eigenvalue weighted by atomic mass is 16.6. The normalized spacial score (nSPS) is 12.6. The number of carbonyl (C=O) groups excluding carboxylic acids is 1. The van der Waals surface area contributed by atoms with E-state index < -0.39 is 0 Å². The van der Waals surface area contributed by atoms with Crippen molar-refractivity contribution in [3.63, 3.8) is 0 Å². The predicted octanol–water partition coefficient (Wildman–Crippen LogP) is 1.52. The van der Waals surface area contributed by atoms with Gasteiger partial charge in [-0.15, -0.1) is 0 Å². The van der Waals surface area contributed by atoms with Crippen LogP contribution in [0, 0.1) is 0 Å². The molecule has 0 saturated carbocycles. The maximum absolute atomic E-state index is 10.4. The Bertz CT molecular complexity index is 231. The van der Waals surface area contributed by atoms with E-state index >= 15 is 0 Å². The number of nitrogens with zero attached hydrogens (tertiary/aromatic N) is 1. The van der Waals surface area contributed by atoms with Crippen molar-refractivity contribution in [3.8, 4) is 0 Å². The Hall–Kier alpha value is -1.32. The predicted molar refractivity (Wildman–Crippen MR) is 50.5 cm³/mol. The Labute approximate surface area is 78.2 Å². The standard InChI is InChI=1S/C9H15NO3/c1-7(8(2)10-12-4)5-6-13-9(3)11/h5H,6H2,1-4H3/b7-5-,10-8+. The molecule has 0 atom stereocenters. The summed E-state index contributed by atoms with van der Waals surface area (Å²) in [6.07, 6.45) is 1.78. The molecule has 0 saturated heterocycles. The minimum Gasteiger partial charge on any atom is -0.462 e. The van der Waals surface area contributed by atoms with Crippen molar-refractivity contribution in [1.29, 1.82) is 0 Å². The van der Waals surface area contributed by atoms with Gasteiger partial charge in [0.2, 0.25) is 0 Å². The van der Waals surface area contributed by atoms with Crippen molar-refractivity contribution >= 4 is 11.7 Å². The van der Waals surface area contributed by atoms with Crippen LogP contribution in [-0.2, 0) is 14.4 Å². The largest absolute Gasteiger partial charge is 0.462 e. The van der Waals surface area contributed by atoms with Gasteiger partial charge in [-0.1, -0.05) is 5.16 Å². The highest BCUT2D eigenvalue weighted by Crippen LogP contribution is 1.97. The fourth-order valence-electron chi connectivity index (χ4n) is 0.641. The number of hydrogen-bond donors (Lipinski definition) is 0. The van der Waals surface area contributed by atoms with E-state index in [0.29, 0.717) is 0 Å². The molecule has 0 spiro atoms. The lowest BCUT2D eigenvalue weighted by atomic mass is 10.2.